The summed E-state index contributed by atoms with van der Waals surface area (Å²) in [6.07, 6.45) is 7.17. The van der Waals surface area contributed by atoms with Gasteiger partial charge in [0, 0.05) is 8.95 Å². The smallest absolute Gasteiger partial charge is 0.183 e. The van der Waals surface area contributed by atoms with Crippen molar-refractivity contribution >= 4 is 54.5 Å². The van der Waals surface area contributed by atoms with Crippen molar-refractivity contribution in [3.8, 4) is 6.19 Å². The number of nitrogens with zero attached hydrogens (tertiary/aromatic N) is 2. The molecule has 0 heterocycles. The fraction of sp³-hybridized carbons (Fsp3) is 0.385. The van der Waals surface area contributed by atoms with Gasteiger partial charge in [-0.2, -0.15) is 5.26 Å². The van der Waals surface area contributed by atoms with Crippen molar-refractivity contribution in [2.24, 2.45) is 4.99 Å². The maximum atomic E-state index is 8.65. The largest absolute Gasteiger partial charge is 0.271 e. The van der Waals surface area contributed by atoms with Gasteiger partial charge < -0.3 is 0 Å². The highest BCUT2D eigenvalue weighted by Gasteiger charge is 2.08. The van der Waals surface area contributed by atoms with Crippen LogP contribution < -0.4 is 5.32 Å². The fourth-order valence-corrected chi connectivity index (χ4v) is 3.31. The highest BCUT2D eigenvalue weighted by Crippen LogP contribution is 2.35. The molecule has 0 atom stereocenters. The van der Waals surface area contributed by atoms with Gasteiger partial charge in [0.05, 0.1) is 5.69 Å². The number of nitriles is 1. The number of halogens is 2. The lowest BCUT2D eigenvalue weighted by atomic mass is 10.1. The number of aryl methyl sites for hydroxylation is 1. The molecule has 19 heavy (non-hydrogen) atoms. The average molecular weight is 405 g/mol. The van der Waals surface area contributed by atoms with E-state index in [1.54, 1.807) is 0 Å². The summed E-state index contributed by atoms with van der Waals surface area (Å²) in [5, 5.41) is 11.8. The summed E-state index contributed by atoms with van der Waals surface area (Å²) in [5.74, 6) is 0. The van der Waals surface area contributed by atoms with Crippen LogP contribution >= 0.6 is 43.6 Å². The molecule has 1 N–H and O–H groups in total. The summed E-state index contributed by atoms with van der Waals surface area (Å²) in [6.45, 7) is 2.18. The summed E-state index contributed by atoms with van der Waals surface area (Å²) in [6, 6.07) is 4.17. The first-order chi connectivity index (χ1) is 9.12. The van der Waals surface area contributed by atoms with Gasteiger partial charge in [-0.05, 0) is 68.7 Å². The van der Waals surface area contributed by atoms with Crippen LogP contribution in [0.5, 0.6) is 0 Å². The second-order valence-corrected chi connectivity index (χ2v) is 6.37. The first-order valence-corrected chi connectivity index (χ1v) is 8.69. The van der Waals surface area contributed by atoms with Gasteiger partial charge in [-0.3, -0.25) is 5.32 Å². The van der Waals surface area contributed by atoms with Gasteiger partial charge in [0.25, 0.3) is 0 Å². The van der Waals surface area contributed by atoms with Crippen molar-refractivity contribution in [1.82, 2.24) is 5.32 Å². The number of aliphatic imine (C=N–C) groups is 1. The SMILES string of the molecule is CCCCc1cc(Br)c(N=C(NC#N)SC)c(Br)c1. The van der Waals surface area contributed by atoms with Crippen molar-refractivity contribution < 1.29 is 0 Å². The normalized spacial score (nSPS) is 11.2. The number of thioether (sulfide) groups is 1. The second-order valence-electron chi connectivity index (χ2n) is 3.87. The summed E-state index contributed by atoms with van der Waals surface area (Å²) in [4.78, 5) is 4.44. The van der Waals surface area contributed by atoms with E-state index in [1.165, 1.54) is 30.2 Å². The Kier molecular flexibility index (Phi) is 7.51. The molecule has 0 aliphatic carbocycles. The standard InChI is InChI=1S/C13H15Br2N3S/c1-3-4-5-9-6-10(14)12(11(15)7-9)18-13(19-2)17-8-16/h6-7H,3-5H2,1-2H3,(H,17,18). The Hall–Kier alpha value is -0.510. The molecule has 0 aromatic heterocycles. The first-order valence-electron chi connectivity index (χ1n) is 5.88. The Labute approximate surface area is 135 Å². The molecule has 0 bridgehead atoms. The number of unbranched alkanes of at least 4 members (excludes halogenated alkanes) is 1. The zero-order chi connectivity index (χ0) is 14.3. The second kappa shape index (κ2) is 8.62. The molecule has 1 aromatic rings. The zero-order valence-corrected chi connectivity index (χ0v) is 14.8. The molecule has 6 heteroatoms. The van der Waals surface area contributed by atoms with Gasteiger partial charge in [-0.1, -0.05) is 25.1 Å². The van der Waals surface area contributed by atoms with Crippen LogP contribution in [0.2, 0.25) is 0 Å². The highest BCUT2D eigenvalue weighted by molar-refractivity contribution is 9.11. The number of hydrogen-bond donors (Lipinski definition) is 1. The molecule has 0 aliphatic rings. The molecule has 0 saturated heterocycles. The summed E-state index contributed by atoms with van der Waals surface area (Å²) >= 11 is 8.48. The van der Waals surface area contributed by atoms with E-state index in [0.29, 0.717) is 5.17 Å². The summed E-state index contributed by atoms with van der Waals surface area (Å²) < 4.78 is 1.86. The third kappa shape index (κ3) is 5.17. The Balaban J connectivity index is 3.06. The van der Waals surface area contributed by atoms with Gasteiger partial charge in [-0.15, -0.1) is 0 Å². The molecule has 3 nitrogen and oxygen atoms in total. The number of hydrogen-bond acceptors (Lipinski definition) is 3. The van der Waals surface area contributed by atoms with Gasteiger partial charge >= 0.3 is 0 Å². The average Bonchev–Trinajstić information content (AvgIpc) is 2.39. The van der Waals surface area contributed by atoms with Crippen LogP contribution in [0.1, 0.15) is 25.3 Å². The van der Waals surface area contributed by atoms with E-state index in [4.69, 9.17) is 5.26 Å². The minimum absolute atomic E-state index is 0.574. The third-order valence-corrected chi connectivity index (χ3v) is 4.25. The molecule has 1 rings (SSSR count). The molecule has 0 radical (unpaired) electrons. The monoisotopic (exact) mass is 403 g/mol. The maximum absolute atomic E-state index is 8.65. The van der Waals surface area contributed by atoms with E-state index in [2.05, 4.69) is 61.2 Å². The zero-order valence-electron chi connectivity index (χ0n) is 10.8. The quantitative estimate of drug-likeness (QED) is 0.333. The van der Waals surface area contributed by atoms with Crippen LogP contribution in [-0.2, 0) is 6.42 Å². The molecular weight excluding hydrogens is 390 g/mol. The molecule has 0 spiro atoms. The number of amidine groups is 1. The van der Waals surface area contributed by atoms with Crippen molar-refractivity contribution in [2.45, 2.75) is 26.2 Å². The van der Waals surface area contributed by atoms with Crippen LogP contribution in [0.25, 0.3) is 0 Å². The van der Waals surface area contributed by atoms with Gasteiger partial charge in [0.2, 0.25) is 0 Å². The van der Waals surface area contributed by atoms with Crippen LogP contribution in [0.3, 0.4) is 0 Å². The van der Waals surface area contributed by atoms with Crippen LogP contribution in [0, 0.1) is 11.5 Å². The molecule has 0 fully saturated rings. The van der Waals surface area contributed by atoms with E-state index in [1.807, 2.05) is 12.4 Å². The van der Waals surface area contributed by atoms with Crippen molar-refractivity contribution in [3.63, 3.8) is 0 Å². The third-order valence-electron chi connectivity index (χ3n) is 2.47. The molecular formula is C13H15Br2N3S. The molecule has 0 aliphatic heterocycles. The van der Waals surface area contributed by atoms with Gasteiger partial charge in [0.15, 0.2) is 11.4 Å². The van der Waals surface area contributed by atoms with Crippen LogP contribution in [-0.4, -0.2) is 11.4 Å². The Morgan fingerprint density at radius 2 is 2.05 bits per heavy atom. The topological polar surface area (TPSA) is 48.2 Å². The number of nitrogens with one attached hydrogen (secondary N) is 1. The van der Waals surface area contributed by atoms with Crippen molar-refractivity contribution in [2.75, 3.05) is 6.26 Å². The lowest BCUT2D eigenvalue weighted by molar-refractivity contribution is 0.794. The van der Waals surface area contributed by atoms with Crippen LogP contribution in [0.4, 0.5) is 5.69 Å². The summed E-state index contributed by atoms with van der Waals surface area (Å²) in [5.41, 5.74) is 2.07. The molecule has 1 aromatic carbocycles. The predicted molar refractivity (Wildman–Crippen MR) is 89.8 cm³/mol. The van der Waals surface area contributed by atoms with Gasteiger partial charge in [0.1, 0.15) is 0 Å². The molecule has 0 saturated carbocycles. The van der Waals surface area contributed by atoms with Crippen molar-refractivity contribution in [1.29, 1.82) is 5.26 Å². The molecule has 102 valence electrons. The van der Waals surface area contributed by atoms with E-state index in [9.17, 15) is 0 Å². The lowest BCUT2D eigenvalue weighted by Crippen LogP contribution is -2.12. The molecule has 0 unspecified atom stereocenters. The Morgan fingerprint density at radius 3 is 2.53 bits per heavy atom. The lowest BCUT2D eigenvalue weighted by Gasteiger charge is -2.08. The highest BCUT2D eigenvalue weighted by atomic mass is 79.9. The minimum Gasteiger partial charge on any atom is -0.271 e. The number of rotatable bonds is 4. The van der Waals surface area contributed by atoms with Crippen molar-refractivity contribution in [3.05, 3.63) is 26.6 Å². The fourth-order valence-electron chi connectivity index (χ4n) is 1.52. The number of benzene rings is 1. The van der Waals surface area contributed by atoms with E-state index < -0.39 is 0 Å². The first kappa shape index (κ1) is 16.5. The van der Waals surface area contributed by atoms with E-state index in [0.717, 1.165) is 21.1 Å². The summed E-state index contributed by atoms with van der Waals surface area (Å²) in [7, 11) is 0. The van der Waals surface area contributed by atoms with E-state index >= 15 is 0 Å². The van der Waals surface area contributed by atoms with Gasteiger partial charge in [-0.25, -0.2) is 4.99 Å². The predicted octanol–water partition coefficient (Wildman–Crippen LogP) is 4.98. The Bertz CT molecular complexity index is 486. The maximum Gasteiger partial charge on any atom is 0.183 e. The Morgan fingerprint density at radius 1 is 1.42 bits per heavy atom. The van der Waals surface area contributed by atoms with E-state index in [-0.39, 0.29) is 0 Å². The molecule has 0 amide bonds. The minimum atomic E-state index is 0.574. The van der Waals surface area contributed by atoms with Crippen LogP contribution in [0.15, 0.2) is 26.1 Å².